The third-order valence-electron chi connectivity index (χ3n) is 4.75. The number of carbonyl (C=O) groups excluding carboxylic acids is 1. The molecule has 0 atom stereocenters. The second kappa shape index (κ2) is 16.0. The van der Waals surface area contributed by atoms with Gasteiger partial charge in [0.2, 0.25) is 5.91 Å². The van der Waals surface area contributed by atoms with E-state index in [4.69, 9.17) is 9.84 Å². The number of ether oxygens (including phenoxy) is 1. The van der Waals surface area contributed by atoms with E-state index in [2.05, 4.69) is 5.32 Å². The minimum absolute atomic E-state index is 0.180. The molecular weight excluding hydrogens is 354 g/mol. The molecule has 0 spiro atoms. The zero-order valence-electron chi connectivity index (χ0n) is 17.4. The molecule has 0 aliphatic heterocycles. The second-order valence-corrected chi connectivity index (χ2v) is 7.29. The Morgan fingerprint density at radius 3 is 2.07 bits per heavy atom. The van der Waals surface area contributed by atoms with Gasteiger partial charge in [0.05, 0.1) is 6.61 Å². The van der Waals surface area contributed by atoms with Gasteiger partial charge in [-0.05, 0) is 31.4 Å². The highest BCUT2D eigenvalue weighted by atomic mass is 16.5. The van der Waals surface area contributed by atoms with Crippen molar-refractivity contribution in [2.75, 3.05) is 13.2 Å². The van der Waals surface area contributed by atoms with Gasteiger partial charge >= 0.3 is 5.97 Å². The van der Waals surface area contributed by atoms with Crippen LogP contribution in [0, 0.1) is 0 Å². The molecule has 158 valence electrons. The number of para-hydroxylation sites is 1. The highest BCUT2D eigenvalue weighted by Gasteiger charge is 2.09. The van der Waals surface area contributed by atoms with Crippen LogP contribution < -0.4 is 10.1 Å². The quantitative estimate of drug-likeness (QED) is 0.340. The van der Waals surface area contributed by atoms with Gasteiger partial charge in [0.25, 0.3) is 0 Å². The molecular formula is C23H37NO4. The molecule has 28 heavy (non-hydrogen) atoms. The summed E-state index contributed by atoms with van der Waals surface area (Å²) in [5, 5.41) is 12.1. The van der Waals surface area contributed by atoms with Crippen molar-refractivity contribution in [3.8, 4) is 5.75 Å². The Hall–Kier alpha value is -2.04. The SMILES string of the molecule is CCCC(=O)NCCCCCCCCCCCCOc1ccccc1C(=O)O. The molecule has 0 bridgehead atoms. The van der Waals surface area contributed by atoms with Gasteiger partial charge in [0, 0.05) is 13.0 Å². The smallest absolute Gasteiger partial charge is 0.339 e. The fraction of sp³-hybridized carbons (Fsp3) is 0.652. The van der Waals surface area contributed by atoms with E-state index in [1.54, 1.807) is 24.3 Å². The van der Waals surface area contributed by atoms with Crippen LogP contribution in [-0.2, 0) is 4.79 Å². The van der Waals surface area contributed by atoms with Crippen LogP contribution in [0.2, 0.25) is 0 Å². The molecule has 0 heterocycles. The molecule has 2 N–H and O–H groups in total. The maximum atomic E-state index is 11.3. The van der Waals surface area contributed by atoms with Crippen molar-refractivity contribution in [3.05, 3.63) is 29.8 Å². The number of carboxylic acid groups (broad SMARTS) is 1. The van der Waals surface area contributed by atoms with Gasteiger partial charge < -0.3 is 15.2 Å². The number of hydrogen-bond acceptors (Lipinski definition) is 3. The van der Waals surface area contributed by atoms with Gasteiger partial charge in [0.1, 0.15) is 11.3 Å². The van der Waals surface area contributed by atoms with E-state index < -0.39 is 5.97 Å². The van der Waals surface area contributed by atoms with Crippen molar-refractivity contribution in [1.82, 2.24) is 5.32 Å². The maximum Gasteiger partial charge on any atom is 0.339 e. The summed E-state index contributed by atoms with van der Waals surface area (Å²) in [6.45, 7) is 3.41. The summed E-state index contributed by atoms with van der Waals surface area (Å²) >= 11 is 0. The molecule has 0 aliphatic rings. The fourth-order valence-corrected chi connectivity index (χ4v) is 3.14. The summed E-state index contributed by atoms with van der Waals surface area (Å²) in [4.78, 5) is 22.4. The van der Waals surface area contributed by atoms with Crippen molar-refractivity contribution < 1.29 is 19.4 Å². The molecule has 0 aliphatic carbocycles. The number of carboxylic acids is 1. The molecule has 0 saturated heterocycles. The zero-order valence-corrected chi connectivity index (χ0v) is 17.4. The van der Waals surface area contributed by atoms with Crippen molar-refractivity contribution in [3.63, 3.8) is 0 Å². The molecule has 5 nitrogen and oxygen atoms in total. The van der Waals surface area contributed by atoms with Crippen molar-refractivity contribution in [2.24, 2.45) is 0 Å². The third kappa shape index (κ3) is 11.6. The van der Waals surface area contributed by atoms with Crippen LogP contribution in [0.5, 0.6) is 5.75 Å². The number of amides is 1. The summed E-state index contributed by atoms with van der Waals surface area (Å²) in [6.07, 6.45) is 13.4. The van der Waals surface area contributed by atoms with Crippen LogP contribution in [0.15, 0.2) is 24.3 Å². The van der Waals surface area contributed by atoms with Gasteiger partial charge in [-0.3, -0.25) is 4.79 Å². The lowest BCUT2D eigenvalue weighted by molar-refractivity contribution is -0.121. The van der Waals surface area contributed by atoms with E-state index in [-0.39, 0.29) is 11.5 Å². The average Bonchev–Trinajstić information content (AvgIpc) is 2.68. The Morgan fingerprint density at radius 2 is 1.46 bits per heavy atom. The first kappa shape index (κ1) is 24.0. The van der Waals surface area contributed by atoms with E-state index >= 15 is 0 Å². The number of aromatic carboxylic acids is 1. The largest absolute Gasteiger partial charge is 0.493 e. The Morgan fingerprint density at radius 1 is 0.893 bits per heavy atom. The first-order chi connectivity index (χ1) is 13.6. The number of hydrogen-bond donors (Lipinski definition) is 2. The van der Waals surface area contributed by atoms with Crippen LogP contribution in [0.4, 0.5) is 0 Å². The monoisotopic (exact) mass is 391 g/mol. The molecule has 0 saturated carbocycles. The summed E-state index contributed by atoms with van der Waals surface area (Å²) < 4.78 is 5.61. The Labute approximate surface area is 169 Å². The Balaban J connectivity index is 1.87. The van der Waals surface area contributed by atoms with Crippen molar-refractivity contribution in [1.29, 1.82) is 0 Å². The van der Waals surface area contributed by atoms with Crippen LogP contribution in [0.3, 0.4) is 0 Å². The lowest BCUT2D eigenvalue weighted by atomic mass is 10.1. The highest BCUT2D eigenvalue weighted by Crippen LogP contribution is 2.18. The topological polar surface area (TPSA) is 75.6 Å². The van der Waals surface area contributed by atoms with Gasteiger partial charge in [-0.1, -0.05) is 70.4 Å². The van der Waals surface area contributed by atoms with E-state index in [0.717, 1.165) is 32.2 Å². The van der Waals surface area contributed by atoms with E-state index in [1.807, 2.05) is 6.92 Å². The number of benzene rings is 1. The van der Waals surface area contributed by atoms with E-state index in [9.17, 15) is 9.59 Å². The van der Waals surface area contributed by atoms with Crippen LogP contribution in [0.25, 0.3) is 0 Å². The average molecular weight is 392 g/mol. The minimum atomic E-state index is -0.947. The molecule has 0 aromatic heterocycles. The molecule has 0 unspecified atom stereocenters. The van der Waals surface area contributed by atoms with Crippen LogP contribution >= 0.6 is 0 Å². The second-order valence-electron chi connectivity index (χ2n) is 7.29. The number of unbranched alkanes of at least 4 members (excludes halogenated alkanes) is 9. The highest BCUT2D eigenvalue weighted by molar-refractivity contribution is 5.90. The molecule has 1 aromatic carbocycles. The van der Waals surface area contributed by atoms with E-state index in [1.165, 1.54) is 44.9 Å². The summed E-state index contributed by atoms with van der Waals surface area (Å²) in [5.41, 5.74) is 0.228. The first-order valence-corrected chi connectivity index (χ1v) is 10.9. The van der Waals surface area contributed by atoms with Gasteiger partial charge in [0.15, 0.2) is 0 Å². The number of nitrogens with one attached hydrogen (secondary N) is 1. The number of rotatable bonds is 17. The predicted molar refractivity (Wildman–Crippen MR) is 113 cm³/mol. The van der Waals surface area contributed by atoms with Gasteiger partial charge in [-0.15, -0.1) is 0 Å². The molecule has 1 aromatic rings. The number of carbonyl (C=O) groups is 2. The normalized spacial score (nSPS) is 10.6. The van der Waals surface area contributed by atoms with Gasteiger partial charge in [-0.2, -0.15) is 0 Å². The first-order valence-electron chi connectivity index (χ1n) is 10.9. The standard InChI is InChI=1S/C23H37NO4/c1-2-15-22(25)24-18-13-9-7-5-3-4-6-8-10-14-19-28-21-17-12-11-16-20(21)23(26)27/h11-12,16-17H,2-10,13-15,18-19H2,1H3,(H,24,25)(H,26,27). The fourth-order valence-electron chi connectivity index (χ4n) is 3.14. The zero-order chi connectivity index (χ0) is 20.5. The lowest BCUT2D eigenvalue weighted by Gasteiger charge is -2.08. The van der Waals surface area contributed by atoms with E-state index in [0.29, 0.717) is 18.8 Å². The lowest BCUT2D eigenvalue weighted by Crippen LogP contribution is -2.23. The Kier molecular flexibility index (Phi) is 13.7. The van der Waals surface area contributed by atoms with Gasteiger partial charge in [-0.25, -0.2) is 4.79 Å². The van der Waals surface area contributed by atoms with Crippen molar-refractivity contribution >= 4 is 11.9 Å². The molecule has 1 rings (SSSR count). The third-order valence-corrected chi connectivity index (χ3v) is 4.75. The molecule has 1 amide bonds. The predicted octanol–water partition coefficient (Wildman–Crippen LogP) is 5.58. The maximum absolute atomic E-state index is 11.3. The van der Waals surface area contributed by atoms with Crippen LogP contribution in [0.1, 0.15) is 94.3 Å². The summed E-state index contributed by atoms with van der Waals surface area (Å²) in [6, 6.07) is 6.79. The van der Waals surface area contributed by atoms with Crippen molar-refractivity contribution in [2.45, 2.75) is 84.0 Å². The molecule has 0 radical (unpaired) electrons. The van der Waals surface area contributed by atoms with Crippen LogP contribution in [-0.4, -0.2) is 30.1 Å². The Bertz CT molecular complexity index is 559. The summed E-state index contributed by atoms with van der Waals surface area (Å²) in [7, 11) is 0. The minimum Gasteiger partial charge on any atom is -0.493 e. The molecule has 0 fully saturated rings. The molecule has 5 heteroatoms. The summed E-state index contributed by atoms with van der Waals surface area (Å²) in [5.74, 6) is -0.309.